The highest BCUT2D eigenvalue weighted by molar-refractivity contribution is 7.80. The Balaban J connectivity index is 1.73. The molecule has 0 bridgehead atoms. The molecule has 0 spiro atoms. The number of carbonyl (C=O) groups excluding carboxylic acids is 2. The van der Waals surface area contributed by atoms with Crippen molar-refractivity contribution in [2.75, 3.05) is 6.61 Å². The summed E-state index contributed by atoms with van der Waals surface area (Å²) in [6, 6.07) is 11.8. The Labute approximate surface area is 177 Å². The first-order valence-electron chi connectivity index (χ1n) is 8.78. The molecule has 0 fully saturated rings. The summed E-state index contributed by atoms with van der Waals surface area (Å²) in [5.74, 6) is -0.0980. The molecule has 0 aliphatic carbocycles. The third-order valence-corrected chi connectivity index (χ3v) is 3.65. The Hall–Kier alpha value is -3.73. The van der Waals surface area contributed by atoms with Crippen molar-refractivity contribution in [1.29, 1.82) is 0 Å². The number of nitro benzene ring substituents is 1. The summed E-state index contributed by atoms with van der Waals surface area (Å²) < 4.78 is 10.7. The predicted octanol–water partition coefficient (Wildman–Crippen LogP) is 2.10. The number of nitro groups is 1. The Bertz CT molecular complexity index is 916. The Morgan fingerprint density at radius 2 is 1.63 bits per heavy atom. The molecule has 158 valence electrons. The topological polar surface area (TPSA) is 132 Å². The minimum absolute atomic E-state index is 0.0226. The molecule has 2 amide bonds. The van der Waals surface area contributed by atoms with E-state index < -0.39 is 16.7 Å². The maximum atomic E-state index is 12.2. The molecule has 0 aromatic heterocycles. The van der Waals surface area contributed by atoms with Crippen LogP contribution in [0.3, 0.4) is 0 Å². The highest BCUT2D eigenvalue weighted by Gasteiger charge is 2.10. The fraction of sp³-hybridized carbons (Fsp3) is 0.211. The van der Waals surface area contributed by atoms with E-state index in [0.29, 0.717) is 11.3 Å². The summed E-state index contributed by atoms with van der Waals surface area (Å²) in [6.45, 7) is 3.44. The zero-order chi connectivity index (χ0) is 22.1. The highest BCUT2D eigenvalue weighted by atomic mass is 32.1. The molecule has 2 aromatic carbocycles. The van der Waals surface area contributed by atoms with Gasteiger partial charge in [-0.05, 0) is 62.5 Å². The van der Waals surface area contributed by atoms with Gasteiger partial charge in [-0.15, -0.1) is 0 Å². The van der Waals surface area contributed by atoms with Crippen molar-refractivity contribution in [3.05, 3.63) is 64.2 Å². The summed E-state index contributed by atoms with van der Waals surface area (Å²) in [6.07, 6.45) is 0.0226. The molecule has 11 heteroatoms. The average Bonchev–Trinajstić information content (AvgIpc) is 2.71. The van der Waals surface area contributed by atoms with E-state index in [-0.39, 0.29) is 29.3 Å². The zero-order valence-corrected chi connectivity index (χ0v) is 17.0. The zero-order valence-electron chi connectivity index (χ0n) is 16.2. The number of hydrazine groups is 1. The number of ether oxygens (including phenoxy) is 2. The van der Waals surface area contributed by atoms with Gasteiger partial charge in [0, 0.05) is 17.7 Å². The standard InChI is InChI=1S/C19H20N4O6S/c1-12(2)29-16-7-3-13(4-8-16)18(25)20-19(30)22-21-17(24)11-28-15-9-5-14(6-10-15)23(26)27/h3-10,12H,11H2,1-2H3,(H,21,24)(H2,20,22,25,30). The number of rotatable bonds is 7. The van der Waals surface area contributed by atoms with Crippen molar-refractivity contribution in [2.45, 2.75) is 20.0 Å². The van der Waals surface area contributed by atoms with E-state index in [4.69, 9.17) is 21.7 Å². The second-order valence-electron chi connectivity index (χ2n) is 6.19. The van der Waals surface area contributed by atoms with Gasteiger partial charge in [-0.2, -0.15) is 0 Å². The molecule has 10 nitrogen and oxygen atoms in total. The summed E-state index contributed by atoms with van der Waals surface area (Å²) >= 11 is 4.96. The fourth-order valence-electron chi connectivity index (χ4n) is 2.14. The minimum Gasteiger partial charge on any atom is -0.491 e. The van der Waals surface area contributed by atoms with Crippen LogP contribution in [0.15, 0.2) is 48.5 Å². The molecule has 0 aliphatic heterocycles. The monoisotopic (exact) mass is 432 g/mol. The number of hydrogen-bond donors (Lipinski definition) is 3. The average molecular weight is 432 g/mol. The molecule has 0 heterocycles. The number of thiocarbonyl (C=S) groups is 1. The number of hydrogen-bond acceptors (Lipinski definition) is 7. The van der Waals surface area contributed by atoms with Gasteiger partial charge in [0.05, 0.1) is 11.0 Å². The van der Waals surface area contributed by atoms with Gasteiger partial charge in [0.25, 0.3) is 17.5 Å². The van der Waals surface area contributed by atoms with E-state index in [1.807, 2.05) is 13.8 Å². The first-order chi connectivity index (χ1) is 14.2. The summed E-state index contributed by atoms with van der Waals surface area (Å²) in [7, 11) is 0. The molecule has 0 saturated carbocycles. The number of benzene rings is 2. The van der Waals surface area contributed by atoms with E-state index in [0.717, 1.165) is 0 Å². The van der Waals surface area contributed by atoms with Gasteiger partial charge in [-0.1, -0.05) is 0 Å². The van der Waals surface area contributed by atoms with Crippen LogP contribution in [0.4, 0.5) is 5.69 Å². The number of non-ortho nitro benzene ring substituents is 1. The van der Waals surface area contributed by atoms with E-state index in [1.54, 1.807) is 24.3 Å². The lowest BCUT2D eigenvalue weighted by atomic mass is 10.2. The molecular formula is C19H20N4O6S. The third kappa shape index (κ3) is 7.36. The predicted molar refractivity (Wildman–Crippen MR) is 112 cm³/mol. The van der Waals surface area contributed by atoms with E-state index in [1.165, 1.54) is 24.3 Å². The maximum Gasteiger partial charge on any atom is 0.276 e. The lowest BCUT2D eigenvalue weighted by Gasteiger charge is -2.12. The maximum absolute atomic E-state index is 12.2. The number of nitrogens with zero attached hydrogens (tertiary/aromatic N) is 1. The van der Waals surface area contributed by atoms with Gasteiger partial charge in [-0.3, -0.25) is 35.9 Å². The van der Waals surface area contributed by atoms with Crippen LogP contribution in [-0.4, -0.2) is 34.6 Å². The molecule has 0 radical (unpaired) electrons. The number of nitrogens with one attached hydrogen (secondary N) is 3. The molecule has 30 heavy (non-hydrogen) atoms. The van der Waals surface area contributed by atoms with E-state index in [2.05, 4.69) is 16.2 Å². The molecule has 0 unspecified atom stereocenters. The lowest BCUT2D eigenvalue weighted by Crippen LogP contribution is -2.49. The first-order valence-corrected chi connectivity index (χ1v) is 9.19. The molecular weight excluding hydrogens is 412 g/mol. The van der Waals surface area contributed by atoms with Crippen molar-refractivity contribution in [2.24, 2.45) is 0 Å². The normalized spacial score (nSPS) is 10.1. The van der Waals surface area contributed by atoms with Crippen LogP contribution in [0.2, 0.25) is 0 Å². The summed E-state index contributed by atoms with van der Waals surface area (Å²) in [5, 5.41) is 12.9. The lowest BCUT2D eigenvalue weighted by molar-refractivity contribution is -0.384. The molecule has 0 saturated heterocycles. The van der Waals surface area contributed by atoms with Crippen LogP contribution in [0.5, 0.6) is 11.5 Å². The molecule has 0 atom stereocenters. The highest BCUT2D eigenvalue weighted by Crippen LogP contribution is 2.17. The van der Waals surface area contributed by atoms with Crippen LogP contribution in [0.1, 0.15) is 24.2 Å². The summed E-state index contributed by atoms with van der Waals surface area (Å²) in [4.78, 5) is 34.0. The van der Waals surface area contributed by atoms with Crippen molar-refractivity contribution in [3.63, 3.8) is 0 Å². The number of amides is 2. The van der Waals surface area contributed by atoms with Crippen LogP contribution in [0.25, 0.3) is 0 Å². The number of carbonyl (C=O) groups is 2. The fourth-order valence-corrected chi connectivity index (χ4v) is 2.28. The van der Waals surface area contributed by atoms with Crippen LogP contribution in [0, 0.1) is 10.1 Å². The second kappa shape index (κ2) is 10.7. The van der Waals surface area contributed by atoms with Crippen LogP contribution in [-0.2, 0) is 4.79 Å². The minimum atomic E-state index is -0.569. The molecule has 2 rings (SSSR count). The SMILES string of the molecule is CC(C)Oc1ccc(C(=O)NC(=S)NNC(=O)COc2ccc([N+](=O)[O-])cc2)cc1. The third-order valence-electron chi connectivity index (χ3n) is 3.45. The first kappa shape index (κ1) is 22.6. The van der Waals surface area contributed by atoms with Crippen molar-refractivity contribution in [3.8, 4) is 11.5 Å². The van der Waals surface area contributed by atoms with E-state index >= 15 is 0 Å². The van der Waals surface area contributed by atoms with Gasteiger partial charge in [-0.25, -0.2) is 0 Å². The Morgan fingerprint density at radius 1 is 1.03 bits per heavy atom. The van der Waals surface area contributed by atoms with Crippen molar-refractivity contribution < 1.29 is 24.0 Å². The van der Waals surface area contributed by atoms with E-state index in [9.17, 15) is 19.7 Å². The smallest absolute Gasteiger partial charge is 0.276 e. The van der Waals surface area contributed by atoms with Gasteiger partial charge >= 0.3 is 0 Å². The van der Waals surface area contributed by atoms with Gasteiger partial charge in [0.15, 0.2) is 11.7 Å². The summed E-state index contributed by atoms with van der Waals surface area (Å²) in [5.41, 5.74) is 4.94. The van der Waals surface area contributed by atoms with Crippen molar-refractivity contribution in [1.82, 2.24) is 16.2 Å². The Morgan fingerprint density at radius 3 is 2.20 bits per heavy atom. The van der Waals surface area contributed by atoms with Gasteiger partial charge < -0.3 is 9.47 Å². The second-order valence-corrected chi connectivity index (χ2v) is 6.60. The van der Waals surface area contributed by atoms with Crippen LogP contribution < -0.4 is 25.6 Å². The molecule has 3 N–H and O–H groups in total. The quantitative estimate of drug-likeness (QED) is 0.344. The molecule has 0 aliphatic rings. The van der Waals surface area contributed by atoms with Gasteiger partial charge in [0.2, 0.25) is 0 Å². The Kier molecular flexibility index (Phi) is 8.06. The van der Waals surface area contributed by atoms with Gasteiger partial charge in [0.1, 0.15) is 11.5 Å². The van der Waals surface area contributed by atoms with Crippen molar-refractivity contribution >= 4 is 34.8 Å². The largest absolute Gasteiger partial charge is 0.491 e. The van der Waals surface area contributed by atoms with Crippen LogP contribution >= 0.6 is 12.2 Å². The molecule has 2 aromatic rings.